The van der Waals surface area contributed by atoms with Gasteiger partial charge in [0.2, 0.25) is 0 Å². The van der Waals surface area contributed by atoms with Crippen LogP contribution in [0.2, 0.25) is 0 Å². The molecular weight excluding hydrogens is 368 g/mol. The summed E-state index contributed by atoms with van der Waals surface area (Å²) in [6.07, 6.45) is 1.44. The molecule has 0 saturated heterocycles. The van der Waals surface area contributed by atoms with Crippen LogP contribution < -0.4 is 5.32 Å². The monoisotopic (exact) mass is 388 g/mol. The molecule has 2 heterocycles. The van der Waals surface area contributed by atoms with Gasteiger partial charge in [0.15, 0.2) is 0 Å². The van der Waals surface area contributed by atoms with E-state index >= 15 is 0 Å². The number of hydrogen-bond donors (Lipinski definition) is 2. The van der Waals surface area contributed by atoms with Crippen molar-refractivity contribution in [2.24, 2.45) is 0 Å². The molecule has 2 aromatic heterocycles. The van der Waals surface area contributed by atoms with Crippen molar-refractivity contribution < 1.29 is 10.0 Å². The molecule has 0 spiro atoms. The number of phenols is 1. The number of aromatic hydroxyl groups is 1. The smallest absolute Gasteiger partial charge is 0.286 e. The van der Waals surface area contributed by atoms with Crippen LogP contribution in [0.1, 0.15) is 16.7 Å². The number of para-hydroxylation sites is 1. The van der Waals surface area contributed by atoms with Crippen LogP contribution in [0.25, 0.3) is 16.9 Å². The van der Waals surface area contributed by atoms with Crippen molar-refractivity contribution in [2.75, 3.05) is 5.32 Å². The summed E-state index contributed by atoms with van der Waals surface area (Å²) in [6, 6.07) is 14.3. The average molecular weight is 388 g/mol. The molecule has 2 N–H and O–H groups in total. The predicted molar refractivity (Wildman–Crippen MR) is 113 cm³/mol. The van der Waals surface area contributed by atoms with E-state index in [4.69, 9.17) is 0 Å². The summed E-state index contributed by atoms with van der Waals surface area (Å²) in [6.45, 7) is 5.88. The van der Waals surface area contributed by atoms with E-state index in [0.717, 1.165) is 22.4 Å². The number of rotatable bonds is 4. The van der Waals surface area contributed by atoms with Gasteiger partial charge in [0.1, 0.15) is 22.9 Å². The summed E-state index contributed by atoms with van der Waals surface area (Å²) in [5.74, 6) is 0.660. The predicted octanol–water partition coefficient (Wildman–Crippen LogP) is 5.28. The van der Waals surface area contributed by atoms with Gasteiger partial charge in [0, 0.05) is 17.3 Å². The van der Waals surface area contributed by atoms with Gasteiger partial charge < -0.3 is 10.4 Å². The van der Waals surface area contributed by atoms with Crippen LogP contribution in [0.5, 0.6) is 5.75 Å². The molecule has 0 aliphatic heterocycles. The van der Waals surface area contributed by atoms with Crippen LogP contribution in [0, 0.1) is 30.9 Å². The topological polar surface area (TPSA) is 92.7 Å². The summed E-state index contributed by atoms with van der Waals surface area (Å²) >= 11 is 0. The van der Waals surface area contributed by atoms with Crippen LogP contribution in [0.15, 0.2) is 54.7 Å². The third-order valence-electron chi connectivity index (χ3n) is 4.95. The minimum Gasteiger partial charge on any atom is -0.507 e. The second-order valence-corrected chi connectivity index (χ2v) is 7.09. The summed E-state index contributed by atoms with van der Waals surface area (Å²) in [5, 5.41) is 25.2. The maximum Gasteiger partial charge on any atom is 0.286 e. The Labute approximate surface area is 167 Å². The maximum atomic E-state index is 11.3. The molecule has 0 fully saturated rings. The highest BCUT2D eigenvalue weighted by Gasteiger charge is 2.20. The van der Waals surface area contributed by atoms with Gasteiger partial charge in [-0.15, -0.1) is 0 Å². The Bertz CT molecular complexity index is 1240. The lowest BCUT2D eigenvalue weighted by atomic mass is 10.1. The number of nitrogens with one attached hydrogen (secondary N) is 1. The number of anilines is 2. The third-order valence-corrected chi connectivity index (χ3v) is 4.95. The van der Waals surface area contributed by atoms with Gasteiger partial charge in [-0.05, 0) is 55.7 Å². The van der Waals surface area contributed by atoms with Gasteiger partial charge in [-0.2, -0.15) is 0 Å². The lowest BCUT2D eigenvalue weighted by Crippen LogP contribution is -2.01. The van der Waals surface area contributed by atoms with Crippen molar-refractivity contribution >= 4 is 22.8 Å². The molecule has 146 valence electrons. The first-order chi connectivity index (χ1) is 13.8. The molecular formula is C22H20N4O3. The Kier molecular flexibility index (Phi) is 4.43. The normalized spacial score (nSPS) is 11.0. The molecule has 0 aliphatic rings. The molecule has 0 amide bonds. The van der Waals surface area contributed by atoms with Crippen molar-refractivity contribution in [2.45, 2.75) is 20.8 Å². The highest BCUT2D eigenvalue weighted by molar-refractivity contribution is 5.84. The number of nitrogens with zero attached hydrogens (tertiary/aromatic N) is 3. The minimum absolute atomic E-state index is 0.0425. The van der Waals surface area contributed by atoms with Crippen LogP contribution in [-0.2, 0) is 0 Å². The molecule has 0 atom stereocenters. The van der Waals surface area contributed by atoms with E-state index in [9.17, 15) is 15.2 Å². The highest BCUT2D eigenvalue weighted by Crippen LogP contribution is 2.38. The minimum atomic E-state index is -0.439. The molecule has 2 aromatic carbocycles. The number of pyridine rings is 1. The van der Waals surface area contributed by atoms with E-state index in [1.165, 1.54) is 12.3 Å². The summed E-state index contributed by atoms with van der Waals surface area (Å²) in [7, 11) is 0. The van der Waals surface area contributed by atoms with Crippen molar-refractivity contribution in [3.63, 3.8) is 0 Å². The summed E-state index contributed by atoms with van der Waals surface area (Å²) in [4.78, 5) is 15.5. The van der Waals surface area contributed by atoms with E-state index in [2.05, 4.69) is 10.3 Å². The lowest BCUT2D eigenvalue weighted by Gasteiger charge is -2.14. The van der Waals surface area contributed by atoms with Crippen molar-refractivity contribution in [3.05, 3.63) is 81.5 Å². The molecule has 4 aromatic rings. The number of phenolic OH excluding ortho intramolecular Hbond substituents is 1. The van der Waals surface area contributed by atoms with Gasteiger partial charge >= 0.3 is 0 Å². The van der Waals surface area contributed by atoms with E-state index in [1.54, 1.807) is 22.6 Å². The zero-order valence-electron chi connectivity index (χ0n) is 16.3. The standard InChI is InChI=1S/C22H20N4O3/c1-13-7-9-17(18(27)11-13)21-22(24-20-14(2)5-4-6-15(20)3)25-12-16(26(28)29)8-10-19(25)23-21/h4-12,24,27H,1-3H3. The first kappa shape index (κ1) is 18.5. The summed E-state index contributed by atoms with van der Waals surface area (Å²) < 4.78 is 1.65. The number of aromatic nitrogens is 2. The van der Waals surface area contributed by atoms with Gasteiger partial charge in [0.05, 0.1) is 11.1 Å². The Morgan fingerprint density at radius 1 is 1.07 bits per heavy atom. The number of fused-ring (bicyclic) bond motifs is 1. The summed E-state index contributed by atoms with van der Waals surface area (Å²) in [5.41, 5.74) is 5.46. The van der Waals surface area contributed by atoms with Gasteiger partial charge in [-0.3, -0.25) is 14.5 Å². The Hall–Kier alpha value is -3.87. The van der Waals surface area contributed by atoms with E-state index in [-0.39, 0.29) is 11.4 Å². The molecule has 4 rings (SSSR count). The fourth-order valence-corrected chi connectivity index (χ4v) is 3.42. The van der Waals surface area contributed by atoms with Crippen molar-refractivity contribution in [3.8, 4) is 17.0 Å². The largest absolute Gasteiger partial charge is 0.507 e. The molecule has 0 radical (unpaired) electrons. The molecule has 0 aliphatic carbocycles. The van der Waals surface area contributed by atoms with Gasteiger partial charge in [0.25, 0.3) is 5.69 Å². The van der Waals surface area contributed by atoms with Crippen LogP contribution in [0.3, 0.4) is 0 Å². The zero-order valence-corrected chi connectivity index (χ0v) is 16.3. The SMILES string of the molecule is Cc1ccc(-c2nc3ccc([N+](=O)[O-])cn3c2Nc2c(C)cccc2C)c(O)c1. The van der Waals surface area contributed by atoms with E-state index in [1.807, 2.05) is 45.0 Å². The first-order valence-electron chi connectivity index (χ1n) is 9.15. The van der Waals surface area contributed by atoms with Gasteiger partial charge in [-0.25, -0.2) is 4.98 Å². The quantitative estimate of drug-likeness (QED) is 0.366. The van der Waals surface area contributed by atoms with Crippen LogP contribution in [0.4, 0.5) is 17.2 Å². The number of imidazole rings is 1. The molecule has 7 nitrogen and oxygen atoms in total. The Morgan fingerprint density at radius 3 is 2.45 bits per heavy atom. The van der Waals surface area contributed by atoms with Crippen molar-refractivity contribution in [1.82, 2.24) is 9.38 Å². The van der Waals surface area contributed by atoms with Crippen molar-refractivity contribution in [1.29, 1.82) is 0 Å². The fraction of sp³-hybridized carbons (Fsp3) is 0.136. The van der Waals surface area contributed by atoms with Gasteiger partial charge in [-0.1, -0.05) is 24.3 Å². The van der Waals surface area contributed by atoms with Crippen LogP contribution in [-0.4, -0.2) is 19.4 Å². The first-order valence-corrected chi connectivity index (χ1v) is 9.15. The molecule has 0 unspecified atom stereocenters. The number of aryl methyl sites for hydroxylation is 3. The second-order valence-electron chi connectivity index (χ2n) is 7.09. The average Bonchev–Trinajstić information content (AvgIpc) is 3.02. The molecule has 7 heteroatoms. The number of benzene rings is 2. The Balaban J connectivity index is 2.00. The maximum absolute atomic E-state index is 11.3. The molecule has 29 heavy (non-hydrogen) atoms. The van der Waals surface area contributed by atoms with E-state index < -0.39 is 4.92 Å². The lowest BCUT2D eigenvalue weighted by molar-refractivity contribution is -0.385. The molecule has 0 saturated carbocycles. The number of nitro groups is 1. The fourth-order valence-electron chi connectivity index (χ4n) is 3.42. The highest BCUT2D eigenvalue weighted by atomic mass is 16.6. The Morgan fingerprint density at radius 2 is 1.79 bits per heavy atom. The molecule has 0 bridgehead atoms. The third kappa shape index (κ3) is 3.27. The number of hydrogen-bond acceptors (Lipinski definition) is 5. The second kappa shape index (κ2) is 6.94. The van der Waals surface area contributed by atoms with E-state index in [0.29, 0.717) is 22.7 Å². The van der Waals surface area contributed by atoms with Crippen LogP contribution >= 0.6 is 0 Å². The zero-order chi connectivity index (χ0) is 20.7.